The minimum absolute atomic E-state index is 0.239. The van der Waals surface area contributed by atoms with Gasteiger partial charge in [0, 0.05) is 30.1 Å². The standard InChI is InChI=1S/C9H16N4OS/c1-7(3-9(10)12-14)13(2)5-8-4-11-6-15-8/h4,6-7,14H,3,5H2,1-2H3,(H2,10,12). The summed E-state index contributed by atoms with van der Waals surface area (Å²) < 4.78 is 0. The van der Waals surface area contributed by atoms with Crippen LogP contribution in [0.1, 0.15) is 18.2 Å². The Labute approximate surface area is 93.2 Å². The van der Waals surface area contributed by atoms with Crippen LogP contribution < -0.4 is 5.73 Å². The van der Waals surface area contributed by atoms with Crippen molar-refractivity contribution < 1.29 is 5.21 Å². The molecule has 0 aliphatic carbocycles. The van der Waals surface area contributed by atoms with Crippen LogP contribution in [0.4, 0.5) is 0 Å². The van der Waals surface area contributed by atoms with E-state index in [-0.39, 0.29) is 11.9 Å². The molecule has 0 aromatic carbocycles. The normalized spacial score (nSPS) is 14.5. The van der Waals surface area contributed by atoms with Crippen LogP contribution in [0, 0.1) is 0 Å². The number of hydrogen-bond acceptors (Lipinski definition) is 5. The zero-order valence-electron chi connectivity index (χ0n) is 8.92. The van der Waals surface area contributed by atoms with E-state index in [2.05, 4.69) is 15.0 Å². The summed E-state index contributed by atoms with van der Waals surface area (Å²) in [5.74, 6) is 0.263. The third-order valence-corrected chi connectivity index (χ3v) is 3.04. The molecule has 6 heteroatoms. The number of amidine groups is 1. The maximum atomic E-state index is 8.46. The van der Waals surface area contributed by atoms with Gasteiger partial charge >= 0.3 is 0 Å². The minimum atomic E-state index is 0.239. The van der Waals surface area contributed by atoms with Gasteiger partial charge in [-0.15, -0.1) is 11.3 Å². The molecule has 0 saturated heterocycles. The lowest BCUT2D eigenvalue weighted by Gasteiger charge is -2.23. The molecule has 0 fully saturated rings. The molecule has 5 nitrogen and oxygen atoms in total. The van der Waals surface area contributed by atoms with Crippen LogP contribution in [0.15, 0.2) is 16.9 Å². The fourth-order valence-electron chi connectivity index (χ4n) is 1.22. The highest BCUT2D eigenvalue weighted by atomic mass is 32.1. The Balaban J connectivity index is 2.43. The second kappa shape index (κ2) is 5.67. The van der Waals surface area contributed by atoms with Gasteiger partial charge in [-0.3, -0.25) is 9.88 Å². The Kier molecular flexibility index (Phi) is 4.51. The van der Waals surface area contributed by atoms with Gasteiger partial charge in [-0.05, 0) is 14.0 Å². The zero-order chi connectivity index (χ0) is 11.3. The largest absolute Gasteiger partial charge is 0.409 e. The van der Waals surface area contributed by atoms with Crippen LogP contribution in [-0.2, 0) is 6.54 Å². The molecule has 0 aliphatic heterocycles. The lowest BCUT2D eigenvalue weighted by Crippen LogP contribution is -2.32. The van der Waals surface area contributed by atoms with Crippen LogP contribution >= 0.6 is 11.3 Å². The number of rotatable bonds is 5. The summed E-state index contributed by atoms with van der Waals surface area (Å²) in [6.45, 7) is 2.88. The Morgan fingerprint density at radius 3 is 3.07 bits per heavy atom. The van der Waals surface area contributed by atoms with Gasteiger partial charge in [0.05, 0.1) is 5.51 Å². The summed E-state index contributed by atoms with van der Waals surface area (Å²) >= 11 is 1.63. The van der Waals surface area contributed by atoms with Crippen LogP contribution in [0.25, 0.3) is 0 Å². The molecular formula is C9H16N4OS. The van der Waals surface area contributed by atoms with Gasteiger partial charge in [0.25, 0.3) is 0 Å². The van der Waals surface area contributed by atoms with E-state index in [1.54, 1.807) is 11.3 Å². The van der Waals surface area contributed by atoms with Crippen LogP contribution in [-0.4, -0.2) is 34.0 Å². The van der Waals surface area contributed by atoms with Crippen LogP contribution in [0.2, 0.25) is 0 Å². The SMILES string of the molecule is CC(CC(N)=NO)N(C)Cc1cncs1. The highest BCUT2D eigenvalue weighted by Gasteiger charge is 2.12. The van der Waals surface area contributed by atoms with E-state index in [1.807, 2.05) is 25.7 Å². The zero-order valence-corrected chi connectivity index (χ0v) is 9.74. The van der Waals surface area contributed by atoms with Crippen molar-refractivity contribution in [1.29, 1.82) is 0 Å². The predicted molar refractivity (Wildman–Crippen MR) is 61.1 cm³/mol. The first-order chi connectivity index (χ1) is 7.13. The van der Waals surface area contributed by atoms with Gasteiger partial charge in [0.2, 0.25) is 0 Å². The second-order valence-electron chi connectivity index (χ2n) is 3.53. The van der Waals surface area contributed by atoms with Crippen LogP contribution in [0.3, 0.4) is 0 Å². The second-order valence-corrected chi connectivity index (χ2v) is 4.50. The summed E-state index contributed by atoms with van der Waals surface area (Å²) in [6, 6.07) is 0.239. The average molecular weight is 228 g/mol. The van der Waals surface area contributed by atoms with Gasteiger partial charge < -0.3 is 10.9 Å². The molecular weight excluding hydrogens is 212 g/mol. The van der Waals surface area contributed by atoms with Gasteiger partial charge in [-0.1, -0.05) is 5.16 Å². The van der Waals surface area contributed by atoms with E-state index < -0.39 is 0 Å². The smallest absolute Gasteiger partial charge is 0.140 e. The topological polar surface area (TPSA) is 74.7 Å². The van der Waals surface area contributed by atoms with Gasteiger partial charge in [-0.2, -0.15) is 0 Å². The molecule has 0 aliphatic rings. The van der Waals surface area contributed by atoms with Crippen molar-refractivity contribution >= 4 is 17.2 Å². The van der Waals surface area contributed by atoms with E-state index in [9.17, 15) is 0 Å². The van der Waals surface area contributed by atoms with Gasteiger partial charge in [-0.25, -0.2) is 0 Å². The van der Waals surface area contributed by atoms with Crippen molar-refractivity contribution in [3.8, 4) is 0 Å². The van der Waals surface area contributed by atoms with Crippen molar-refractivity contribution in [2.75, 3.05) is 7.05 Å². The third kappa shape index (κ3) is 3.85. The summed E-state index contributed by atoms with van der Waals surface area (Å²) in [4.78, 5) is 7.37. The van der Waals surface area contributed by atoms with Crippen molar-refractivity contribution in [1.82, 2.24) is 9.88 Å². The molecule has 1 rings (SSSR count). The number of hydrogen-bond donors (Lipinski definition) is 2. The number of thiazole rings is 1. The molecule has 0 bridgehead atoms. The van der Waals surface area contributed by atoms with E-state index in [1.165, 1.54) is 4.88 Å². The third-order valence-electron chi connectivity index (χ3n) is 2.27. The molecule has 1 aromatic heterocycles. The average Bonchev–Trinajstić information content (AvgIpc) is 2.70. The number of aromatic nitrogens is 1. The fourth-order valence-corrected chi connectivity index (χ4v) is 1.88. The molecule has 1 unspecified atom stereocenters. The Morgan fingerprint density at radius 1 is 1.80 bits per heavy atom. The predicted octanol–water partition coefficient (Wildman–Crippen LogP) is 1.10. The van der Waals surface area contributed by atoms with Crippen LogP contribution in [0.5, 0.6) is 0 Å². The lowest BCUT2D eigenvalue weighted by molar-refractivity contribution is 0.253. The molecule has 0 radical (unpaired) electrons. The number of oxime groups is 1. The lowest BCUT2D eigenvalue weighted by atomic mass is 10.2. The van der Waals surface area contributed by atoms with Crippen molar-refractivity contribution in [3.05, 3.63) is 16.6 Å². The molecule has 0 spiro atoms. The van der Waals surface area contributed by atoms with Gasteiger partial charge in [0.15, 0.2) is 0 Å². The first-order valence-electron chi connectivity index (χ1n) is 4.67. The maximum Gasteiger partial charge on any atom is 0.140 e. The molecule has 1 heterocycles. The summed E-state index contributed by atoms with van der Waals surface area (Å²) in [5.41, 5.74) is 7.27. The van der Waals surface area contributed by atoms with Crippen molar-refractivity contribution in [3.63, 3.8) is 0 Å². The first kappa shape index (κ1) is 11.9. The van der Waals surface area contributed by atoms with Crippen molar-refractivity contribution in [2.45, 2.75) is 25.9 Å². The molecule has 0 amide bonds. The Morgan fingerprint density at radius 2 is 2.53 bits per heavy atom. The molecule has 0 saturated carbocycles. The van der Waals surface area contributed by atoms with E-state index in [0.717, 1.165) is 6.54 Å². The quantitative estimate of drug-likeness (QED) is 0.342. The Hall–Kier alpha value is -1.14. The number of nitrogens with two attached hydrogens (primary N) is 1. The first-order valence-corrected chi connectivity index (χ1v) is 5.55. The van der Waals surface area contributed by atoms with E-state index in [0.29, 0.717) is 6.42 Å². The van der Waals surface area contributed by atoms with Crippen molar-refractivity contribution in [2.24, 2.45) is 10.9 Å². The summed E-state index contributed by atoms with van der Waals surface area (Å²) in [6.07, 6.45) is 2.42. The highest BCUT2D eigenvalue weighted by Crippen LogP contribution is 2.11. The van der Waals surface area contributed by atoms with E-state index >= 15 is 0 Å². The fraction of sp³-hybridized carbons (Fsp3) is 0.556. The molecule has 1 atom stereocenters. The molecule has 15 heavy (non-hydrogen) atoms. The molecule has 84 valence electrons. The minimum Gasteiger partial charge on any atom is -0.409 e. The summed E-state index contributed by atoms with van der Waals surface area (Å²) in [7, 11) is 2.01. The molecule has 3 N–H and O–H groups in total. The molecule has 1 aromatic rings. The summed E-state index contributed by atoms with van der Waals surface area (Å²) in [5, 5.41) is 11.4. The highest BCUT2D eigenvalue weighted by molar-refractivity contribution is 7.09. The Bertz CT molecular complexity index is 312. The van der Waals surface area contributed by atoms with Gasteiger partial charge in [0.1, 0.15) is 5.84 Å². The van der Waals surface area contributed by atoms with E-state index in [4.69, 9.17) is 10.9 Å². The maximum absolute atomic E-state index is 8.46. The monoisotopic (exact) mass is 228 g/mol. The number of nitrogens with zero attached hydrogens (tertiary/aromatic N) is 3.